The second-order valence-electron chi connectivity index (χ2n) is 4.55. The van der Waals surface area contributed by atoms with Crippen molar-refractivity contribution in [3.8, 4) is 11.5 Å². The minimum atomic E-state index is -1.02. The molecule has 0 saturated carbocycles. The van der Waals surface area contributed by atoms with Gasteiger partial charge in [-0.3, -0.25) is 0 Å². The second kappa shape index (κ2) is 6.63. The normalized spacial score (nSPS) is 10.2. The lowest BCUT2D eigenvalue weighted by atomic mass is 10.1. The summed E-state index contributed by atoms with van der Waals surface area (Å²) < 4.78 is 11.7. The largest absolute Gasteiger partial charge is 0.496 e. The molecule has 110 valence electrons. The molecule has 0 spiro atoms. The van der Waals surface area contributed by atoms with Crippen LogP contribution in [-0.2, 0) is 6.61 Å². The summed E-state index contributed by atoms with van der Waals surface area (Å²) >= 11 is 3.31. The first kappa shape index (κ1) is 15.4. The standard InChI is InChI=1S/C16H15BrO4/c1-10-3-6-14(20-2)11(7-10)9-21-15-8-12(17)4-5-13(15)16(18)19/h3-8H,9H2,1-2H3,(H,18,19). The lowest BCUT2D eigenvalue weighted by Gasteiger charge is -2.13. The predicted molar refractivity (Wildman–Crippen MR) is 83.2 cm³/mol. The molecule has 0 atom stereocenters. The van der Waals surface area contributed by atoms with Crippen molar-refractivity contribution in [2.75, 3.05) is 7.11 Å². The Bertz CT molecular complexity index is 667. The summed E-state index contributed by atoms with van der Waals surface area (Å²) in [6.07, 6.45) is 0. The van der Waals surface area contributed by atoms with Crippen LogP contribution in [0, 0.1) is 6.92 Å². The van der Waals surface area contributed by atoms with Crippen molar-refractivity contribution in [1.82, 2.24) is 0 Å². The van der Waals surface area contributed by atoms with E-state index in [4.69, 9.17) is 9.47 Å². The molecule has 2 aromatic rings. The highest BCUT2D eigenvalue weighted by atomic mass is 79.9. The molecule has 0 amide bonds. The average molecular weight is 351 g/mol. The van der Waals surface area contributed by atoms with Gasteiger partial charge in [0.2, 0.25) is 0 Å². The molecule has 0 heterocycles. The van der Waals surface area contributed by atoms with E-state index in [0.29, 0.717) is 11.5 Å². The van der Waals surface area contributed by atoms with E-state index in [2.05, 4.69) is 15.9 Å². The molecular weight excluding hydrogens is 336 g/mol. The number of methoxy groups -OCH3 is 1. The zero-order valence-corrected chi connectivity index (χ0v) is 13.3. The Kier molecular flexibility index (Phi) is 4.85. The van der Waals surface area contributed by atoms with Crippen molar-refractivity contribution in [2.24, 2.45) is 0 Å². The minimum Gasteiger partial charge on any atom is -0.496 e. The number of carboxylic acids is 1. The fourth-order valence-corrected chi connectivity index (χ4v) is 2.31. The van der Waals surface area contributed by atoms with Crippen LogP contribution in [0.1, 0.15) is 21.5 Å². The van der Waals surface area contributed by atoms with Crippen molar-refractivity contribution < 1.29 is 19.4 Å². The summed E-state index contributed by atoms with van der Waals surface area (Å²) in [5.74, 6) is 0.0154. The Morgan fingerprint density at radius 3 is 2.62 bits per heavy atom. The molecule has 1 N–H and O–H groups in total. The summed E-state index contributed by atoms with van der Waals surface area (Å²) in [4.78, 5) is 11.2. The van der Waals surface area contributed by atoms with Gasteiger partial charge in [-0.05, 0) is 37.3 Å². The number of rotatable bonds is 5. The van der Waals surface area contributed by atoms with Crippen LogP contribution < -0.4 is 9.47 Å². The molecule has 2 aromatic carbocycles. The highest BCUT2D eigenvalue weighted by Crippen LogP contribution is 2.27. The minimum absolute atomic E-state index is 0.129. The third kappa shape index (κ3) is 3.76. The molecule has 0 aliphatic carbocycles. The molecule has 0 aliphatic heterocycles. The van der Waals surface area contributed by atoms with Gasteiger partial charge in [0.15, 0.2) is 0 Å². The summed E-state index contributed by atoms with van der Waals surface area (Å²) in [6, 6.07) is 10.6. The predicted octanol–water partition coefficient (Wildman–Crippen LogP) is 4.04. The van der Waals surface area contributed by atoms with Crippen LogP contribution >= 0.6 is 15.9 Å². The van der Waals surface area contributed by atoms with Gasteiger partial charge in [-0.15, -0.1) is 0 Å². The average Bonchev–Trinajstić information content (AvgIpc) is 2.45. The molecule has 0 fully saturated rings. The fraction of sp³-hybridized carbons (Fsp3) is 0.188. The van der Waals surface area contributed by atoms with Crippen LogP contribution in [0.2, 0.25) is 0 Å². The molecule has 4 nitrogen and oxygen atoms in total. The molecule has 0 radical (unpaired) electrons. The Hall–Kier alpha value is -2.01. The van der Waals surface area contributed by atoms with Gasteiger partial charge in [0.25, 0.3) is 0 Å². The van der Waals surface area contributed by atoms with Gasteiger partial charge >= 0.3 is 5.97 Å². The van der Waals surface area contributed by atoms with E-state index in [1.807, 2.05) is 25.1 Å². The van der Waals surface area contributed by atoms with Crippen LogP contribution in [0.4, 0.5) is 0 Å². The number of carbonyl (C=O) groups is 1. The first-order valence-corrected chi connectivity index (χ1v) is 7.09. The number of aryl methyl sites for hydroxylation is 1. The zero-order valence-electron chi connectivity index (χ0n) is 11.7. The van der Waals surface area contributed by atoms with Crippen molar-refractivity contribution >= 4 is 21.9 Å². The molecule has 0 bridgehead atoms. The van der Waals surface area contributed by atoms with Gasteiger partial charge in [0, 0.05) is 10.0 Å². The highest BCUT2D eigenvalue weighted by Gasteiger charge is 2.13. The van der Waals surface area contributed by atoms with Gasteiger partial charge in [0.1, 0.15) is 23.7 Å². The van der Waals surface area contributed by atoms with Gasteiger partial charge in [-0.25, -0.2) is 4.79 Å². The lowest BCUT2D eigenvalue weighted by molar-refractivity contribution is 0.0691. The number of carboxylic acid groups (broad SMARTS) is 1. The Morgan fingerprint density at radius 1 is 1.19 bits per heavy atom. The van der Waals surface area contributed by atoms with Crippen LogP contribution in [0.5, 0.6) is 11.5 Å². The first-order valence-electron chi connectivity index (χ1n) is 6.30. The van der Waals surface area contributed by atoms with E-state index in [1.54, 1.807) is 19.2 Å². The van der Waals surface area contributed by atoms with Gasteiger partial charge in [0.05, 0.1) is 7.11 Å². The van der Waals surface area contributed by atoms with Crippen molar-refractivity contribution in [3.63, 3.8) is 0 Å². The lowest BCUT2D eigenvalue weighted by Crippen LogP contribution is -2.04. The quantitative estimate of drug-likeness (QED) is 0.883. The van der Waals surface area contributed by atoms with Gasteiger partial charge in [-0.2, -0.15) is 0 Å². The number of aromatic carboxylic acids is 1. The SMILES string of the molecule is COc1ccc(C)cc1COc1cc(Br)ccc1C(=O)O. The van der Waals surface area contributed by atoms with E-state index < -0.39 is 5.97 Å². The summed E-state index contributed by atoms with van der Waals surface area (Å²) in [5, 5.41) is 9.18. The molecule has 0 aliphatic rings. The Balaban J connectivity index is 2.26. The van der Waals surface area contributed by atoms with Crippen LogP contribution in [0.25, 0.3) is 0 Å². The van der Waals surface area contributed by atoms with E-state index in [0.717, 1.165) is 15.6 Å². The number of hydrogen-bond acceptors (Lipinski definition) is 3. The molecule has 5 heteroatoms. The second-order valence-corrected chi connectivity index (χ2v) is 5.47. The van der Waals surface area contributed by atoms with E-state index in [9.17, 15) is 9.90 Å². The molecule has 21 heavy (non-hydrogen) atoms. The summed E-state index contributed by atoms with van der Waals surface area (Å²) in [5.41, 5.74) is 2.08. The summed E-state index contributed by atoms with van der Waals surface area (Å²) in [7, 11) is 1.59. The van der Waals surface area contributed by atoms with Crippen molar-refractivity contribution in [1.29, 1.82) is 0 Å². The number of hydrogen-bond donors (Lipinski definition) is 1. The number of ether oxygens (including phenoxy) is 2. The van der Waals surface area contributed by atoms with Crippen molar-refractivity contribution in [2.45, 2.75) is 13.5 Å². The maximum atomic E-state index is 11.2. The first-order chi connectivity index (χ1) is 10.0. The fourth-order valence-electron chi connectivity index (χ4n) is 1.97. The third-order valence-corrected chi connectivity index (χ3v) is 3.49. The number of halogens is 1. The van der Waals surface area contributed by atoms with Gasteiger partial charge < -0.3 is 14.6 Å². The van der Waals surface area contributed by atoms with E-state index >= 15 is 0 Å². The summed E-state index contributed by atoms with van der Waals surface area (Å²) in [6.45, 7) is 2.21. The third-order valence-electron chi connectivity index (χ3n) is 2.99. The maximum absolute atomic E-state index is 11.2. The van der Waals surface area contributed by atoms with E-state index in [1.165, 1.54) is 6.07 Å². The smallest absolute Gasteiger partial charge is 0.339 e. The molecule has 2 rings (SSSR count). The molecular formula is C16H15BrO4. The molecule has 0 unspecified atom stereocenters. The number of benzene rings is 2. The van der Waals surface area contributed by atoms with Crippen LogP contribution in [-0.4, -0.2) is 18.2 Å². The van der Waals surface area contributed by atoms with Crippen molar-refractivity contribution in [3.05, 3.63) is 57.6 Å². The molecule has 0 saturated heterocycles. The van der Waals surface area contributed by atoms with Crippen LogP contribution in [0.15, 0.2) is 40.9 Å². The monoisotopic (exact) mass is 350 g/mol. The zero-order chi connectivity index (χ0) is 15.4. The Morgan fingerprint density at radius 2 is 1.95 bits per heavy atom. The van der Waals surface area contributed by atoms with Gasteiger partial charge in [-0.1, -0.05) is 27.6 Å². The Labute approximate surface area is 131 Å². The highest BCUT2D eigenvalue weighted by molar-refractivity contribution is 9.10. The van der Waals surface area contributed by atoms with E-state index in [-0.39, 0.29) is 12.2 Å². The molecule has 0 aromatic heterocycles. The van der Waals surface area contributed by atoms with Crippen LogP contribution in [0.3, 0.4) is 0 Å². The topological polar surface area (TPSA) is 55.8 Å². The maximum Gasteiger partial charge on any atom is 0.339 e.